The Morgan fingerprint density at radius 2 is 1.93 bits per heavy atom. The summed E-state index contributed by atoms with van der Waals surface area (Å²) in [5, 5.41) is 2.28. The van der Waals surface area contributed by atoms with Crippen LogP contribution in [0, 0.1) is 5.92 Å². The summed E-state index contributed by atoms with van der Waals surface area (Å²) in [4.78, 5) is 23.8. The van der Waals surface area contributed by atoms with Crippen LogP contribution >= 0.6 is 0 Å². The van der Waals surface area contributed by atoms with Gasteiger partial charge in [-0.25, -0.2) is 4.79 Å². The molecule has 0 aromatic carbocycles. The summed E-state index contributed by atoms with van der Waals surface area (Å²) < 4.78 is 0. The third-order valence-electron chi connectivity index (χ3n) is 2.52. The third-order valence-corrected chi connectivity index (χ3v) is 2.52. The van der Waals surface area contributed by atoms with Crippen molar-refractivity contribution in [3.63, 3.8) is 0 Å². The molecule has 1 heterocycles. The lowest BCUT2D eigenvalue weighted by atomic mass is 10.0. The number of carbonyl (C=O) groups is 2. The number of imide groups is 1. The number of urea groups is 1. The lowest BCUT2D eigenvalue weighted by Gasteiger charge is -2.22. The summed E-state index contributed by atoms with van der Waals surface area (Å²) in [5.41, 5.74) is 0. The molecule has 0 saturated carbocycles. The molecular weight excluding hydrogens is 180 g/mol. The fraction of sp³-hybridized carbons (Fsp3) is 0.800. The average Bonchev–Trinajstić information content (AvgIpc) is 2.41. The number of nitrogens with zero attached hydrogens (tertiary/aromatic N) is 1. The van der Waals surface area contributed by atoms with Crippen molar-refractivity contribution in [2.45, 2.75) is 39.7 Å². The molecule has 1 fully saturated rings. The van der Waals surface area contributed by atoms with Gasteiger partial charge in [0.1, 0.15) is 6.54 Å². The van der Waals surface area contributed by atoms with E-state index in [1.54, 1.807) is 4.90 Å². The van der Waals surface area contributed by atoms with E-state index in [4.69, 9.17) is 0 Å². The van der Waals surface area contributed by atoms with E-state index in [1.165, 1.54) is 0 Å². The number of carbonyl (C=O) groups excluding carboxylic acids is 2. The van der Waals surface area contributed by atoms with Crippen LogP contribution in [0.4, 0.5) is 4.79 Å². The molecule has 4 heteroatoms. The summed E-state index contributed by atoms with van der Waals surface area (Å²) in [7, 11) is 0. The Bertz CT molecular complexity index is 238. The molecule has 0 radical (unpaired) electrons. The van der Waals surface area contributed by atoms with Gasteiger partial charge in [0.15, 0.2) is 0 Å². The van der Waals surface area contributed by atoms with Gasteiger partial charge in [0, 0.05) is 6.04 Å². The minimum Gasteiger partial charge on any atom is -0.312 e. The quantitative estimate of drug-likeness (QED) is 0.693. The first kappa shape index (κ1) is 11.0. The first-order valence-electron chi connectivity index (χ1n) is 5.11. The number of hydrogen-bond donors (Lipinski definition) is 1. The van der Waals surface area contributed by atoms with Crippen LogP contribution in [0.5, 0.6) is 0 Å². The van der Waals surface area contributed by atoms with Crippen molar-refractivity contribution in [1.29, 1.82) is 0 Å². The van der Waals surface area contributed by atoms with Gasteiger partial charge in [0.25, 0.3) is 0 Å². The molecule has 0 aromatic rings. The molecule has 0 bridgehead atoms. The fourth-order valence-corrected chi connectivity index (χ4v) is 1.54. The highest BCUT2D eigenvalue weighted by Crippen LogP contribution is 2.13. The van der Waals surface area contributed by atoms with Crippen LogP contribution in [0.2, 0.25) is 0 Å². The molecule has 14 heavy (non-hydrogen) atoms. The van der Waals surface area contributed by atoms with Crippen molar-refractivity contribution in [1.82, 2.24) is 10.2 Å². The zero-order valence-corrected chi connectivity index (χ0v) is 9.04. The van der Waals surface area contributed by atoms with E-state index in [0.29, 0.717) is 5.92 Å². The van der Waals surface area contributed by atoms with Crippen LogP contribution in [-0.4, -0.2) is 29.4 Å². The predicted molar refractivity (Wildman–Crippen MR) is 53.8 cm³/mol. The zero-order chi connectivity index (χ0) is 10.7. The lowest BCUT2D eigenvalue weighted by molar-refractivity contribution is -0.118. The molecule has 1 unspecified atom stereocenters. The molecule has 0 aliphatic carbocycles. The highest BCUT2D eigenvalue weighted by molar-refractivity contribution is 6.02. The van der Waals surface area contributed by atoms with Crippen molar-refractivity contribution < 1.29 is 9.59 Å². The van der Waals surface area contributed by atoms with Crippen molar-refractivity contribution >= 4 is 11.9 Å². The molecule has 1 aliphatic heterocycles. The van der Waals surface area contributed by atoms with Crippen LogP contribution < -0.4 is 5.32 Å². The SMILES string of the molecule is CC(C)CCC(C)N1CC(=O)NC1=O. The van der Waals surface area contributed by atoms with Crippen molar-refractivity contribution in [3.05, 3.63) is 0 Å². The molecule has 0 aromatic heterocycles. The van der Waals surface area contributed by atoms with Gasteiger partial charge in [-0.05, 0) is 25.7 Å². The van der Waals surface area contributed by atoms with Crippen LogP contribution in [0.3, 0.4) is 0 Å². The topological polar surface area (TPSA) is 49.4 Å². The lowest BCUT2D eigenvalue weighted by Crippen LogP contribution is -2.36. The largest absolute Gasteiger partial charge is 0.324 e. The summed E-state index contributed by atoms with van der Waals surface area (Å²) in [6, 6.07) is -0.0879. The minimum absolute atomic E-state index is 0.156. The molecule has 4 nitrogen and oxygen atoms in total. The Hall–Kier alpha value is -1.06. The molecule has 1 rings (SSSR count). The fourth-order valence-electron chi connectivity index (χ4n) is 1.54. The maximum Gasteiger partial charge on any atom is 0.324 e. The Kier molecular flexibility index (Phi) is 3.49. The monoisotopic (exact) mass is 198 g/mol. The van der Waals surface area contributed by atoms with Gasteiger partial charge in [0.05, 0.1) is 0 Å². The van der Waals surface area contributed by atoms with Crippen LogP contribution in [0.1, 0.15) is 33.6 Å². The van der Waals surface area contributed by atoms with Crippen molar-refractivity contribution in [2.24, 2.45) is 5.92 Å². The summed E-state index contributed by atoms with van der Waals surface area (Å²) >= 11 is 0. The third kappa shape index (κ3) is 2.72. The van der Waals surface area contributed by atoms with E-state index >= 15 is 0 Å². The number of nitrogens with one attached hydrogen (secondary N) is 1. The average molecular weight is 198 g/mol. The number of amides is 3. The Morgan fingerprint density at radius 1 is 1.29 bits per heavy atom. The first-order chi connectivity index (χ1) is 6.50. The Morgan fingerprint density at radius 3 is 2.36 bits per heavy atom. The maximum absolute atomic E-state index is 11.3. The molecular formula is C10H18N2O2. The van der Waals surface area contributed by atoms with Gasteiger partial charge in [0.2, 0.25) is 5.91 Å². The highest BCUT2D eigenvalue weighted by atomic mass is 16.2. The summed E-state index contributed by atoms with van der Waals surface area (Å²) in [6.07, 6.45) is 2.04. The van der Waals surface area contributed by atoms with E-state index in [1.807, 2.05) is 6.92 Å². The van der Waals surface area contributed by atoms with Crippen LogP contribution in [0.15, 0.2) is 0 Å². The molecule has 0 spiro atoms. The second-order valence-corrected chi connectivity index (χ2v) is 4.30. The van der Waals surface area contributed by atoms with E-state index in [2.05, 4.69) is 19.2 Å². The molecule has 3 amide bonds. The minimum atomic E-state index is -0.244. The van der Waals surface area contributed by atoms with Crippen LogP contribution in [-0.2, 0) is 4.79 Å². The number of rotatable bonds is 4. The molecule has 1 aliphatic rings. The Balaban J connectivity index is 2.40. The standard InChI is InChI=1S/C10H18N2O2/c1-7(2)4-5-8(3)12-6-9(13)11-10(12)14/h7-8H,4-6H2,1-3H3,(H,11,13,14). The highest BCUT2D eigenvalue weighted by Gasteiger charge is 2.30. The molecule has 1 N–H and O–H groups in total. The normalized spacial score (nSPS) is 19.0. The van der Waals surface area contributed by atoms with Crippen molar-refractivity contribution in [2.75, 3.05) is 6.54 Å². The maximum atomic E-state index is 11.3. The van der Waals surface area contributed by atoms with E-state index in [9.17, 15) is 9.59 Å². The second-order valence-electron chi connectivity index (χ2n) is 4.30. The first-order valence-corrected chi connectivity index (χ1v) is 5.11. The molecule has 1 saturated heterocycles. The summed E-state index contributed by atoms with van der Waals surface area (Å²) in [5.74, 6) is 0.449. The van der Waals surface area contributed by atoms with Crippen molar-refractivity contribution in [3.8, 4) is 0 Å². The number of hydrogen-bond acceptors (Lipinski definition) is 2. The van der Waals surface area contributed by atoms with Gasteiger partial charge in [-0.1, -0.05) is 13.8 Å². The van der Waals surface area contributed by atoms with E-state index in [0.717, 1.165) is 12.8 Å². The molecule has 1 atom stereocenters. The van der Waals surface area contributed by atoms with E-state index < -0.39 is 0 Å². The summed E-state index contributed by atoms with van der Waals surface area (Å²) in [6.45, 7) is 6.52. The van der Waals surface area contributed by atoms with E-state index in [-0.39, 0.29) is 24.5 Å². The van der Waals surface area contributed by atoms with Gasteiger partial charge in [-0.2, -0.15) is 0 Å². The predicted octanol–water partition coefficient (Wildman–Crippen LogP) is 1.36. The van der Waals surface area contributed by atoms with Crippen LogP contribution in [0.25, 0.3) is 0 Å². The van der Waals surface area contributed by atoms with Gasteiger partial charge >= 0.3 is 6.03 Å². The van der Waals surface area contributed by atoms with Gasteiger partial charge < -0.3 is 4.90 Å². The Labute approximate surface area is 84.7 Å². The second kappa shape index (κ2) is 4.44. The van der Waals surface area contributed by atoms with Gasteiger partial charge in [-0.15, -0.1) is 0 Å². The zero-order valence-electron chi connectivity index (χ0n) is 9.04. The smallest absolute Gasteiger partial charge is 0.312 e. The van der Waals surface area contributed by atoms with Gasteiger partial charge in [-0.3, -0.25) is 10.1 Å². The molecule has 80 valence electrons.